The molecule has 2 amide bonds. The van der Waals surface area contributed by atoms with E-state index in [0.717, 1.165) is 21.3 Å². The fraction of sp³-hybridized carbons (Fsp3) is 0.161. The molecule has 2 heterocycles. The summed E-state index contributed by atoms with van der Waals surface area (Å²) in [7, 11) is 1.58. The molecule has 0 bridgehead atoms. The average molecular weight is 585 g/mol. The predicted octanol–water partition coefficient (Wildman–Crippen LogP) is 6.09. The van der Waals surface area contributed by atoms with Crippen molar-refractivity contribution < 1.29 is 23.9 Å². The van der Waals surface area contributed by atoms with E-state index in [1.54, 1.807) is 36.4 Å². The quantitative estimate of drug-likeness (QED) is 0.245. The number of ether oxygens (including phenoxy) is 2. The Morgan fingerprint density at radius 3 is 2.18 bits per heavy atom. The van der Waals surface area contributed by atoms with E-state index in [1.165, 1.54) is 4.90 Å². The Labute approximate surface area is 234 Å². The van der Waals surface area contributed by atoms with Crippen LogP contribution >= 0.6 is 15.9 Å². The number of hydrogen-bond donors (Lipinski definition) is 0. The standard InChI is InChI=1S/C31H25BrN2O5/c1-37-26-18-21(12-17-25(26)38-19-20-8-4-2-5-9-20)28-27-29(39-34(28)24-10-6-3-7-11-24)31(36)33(30(27)35)23-15-13-22(32)14-16-23/h2-18,27-29H,19H2,1H3/t27-,28+,29-/m0/s1. The fourth-order valence-electron chi connectivity index (χ4n) is 5.12. The third-order valence-corrected chi connectivity index (χ3v) is 7.51. The van der Waals surface area contributed by atoms with Gasteiger partial charge in [0.05, 0.1) is 24.5 Å². The lowest BCUT2D eigenvalue weighted by Crippen LogP contribution is -2.37. The van der Waals surface area contributed by atoms with Crippen LogP contribution in [-0.4, -0.2) is 25.0 Å². The number of carbonyl (C=O) groups excluding carboxylic acids is 2. The van der Waals surface area contributed by atoms with Gasteiger partial charge in [0.2, 0.25) is 5.91 Å². The number of nitrogens with zero attached hydrogens (tertiary/aromatic N) is 2. The molecule has 4 aromatic rings. The van der Waals surface area contributed by atoms with E-state index in [9.17, 15) is 9.59 Å². The van der Waals surface area contributed by atoms with Gasteiger partial charge in [-0.2, -0.15) is 0 Å². The number of fused-ring (bicyclic) bond motifs is 1. The molecule has 3 atom stereocenters. The van der Waals surface area contributed by atoms with Crippen molar-refractivity contribution in [2.45, 2.75) is 18.8 Å². The van der Waals surface area contributed by atoms with Crippen molar-refractivity contribution in [2.75, 3.05) is 17.1 Å². The second-order valence-corrected chi connectivity index (χ2v) is 10.2. The Morgan fingerprint density at radius 1 is 0.795 bits per heavy atom. The highest BCUT2D eigenvalue weighted by Gasteiger charge is 2.60. The van der Waals surface area contributed by atoms with Gasteiger partial charge in [-0.15, -0.1) is 0 Å². The van der Waals surface area contributed by atoms with Crippen molar-refractivity contribution in [3.05, 3.63) is 119 Å². The van der Waals surface area contributed by atoms with Gasteiger partial charge in [0.1, 0.15) is 12.5 Å². The van der Waals surface area contributed by atoms with E-state index in [0.29, 0.717) is 23.8 Å². The molecule has 39 heavy (non-hydrogen) atoms. The maximum Gasteiger partial charge on any atom is 0.266 e. The summed E-state index contributed by atoms with van der Waals surface area (Å²) in [6.45, 7) is 0.388. The number of hydroxylamine groups is 1. The van der Waals surface area contributed by atoms with Crippen LogP contribution < -0.4 is 19.4 Å². The summed E-state index contributed by atoms with van der Waals surface area (Å²) >= 11 is 3.41. The predicted molar refractivity (Wildman–Crippen MR) is 150 cm³/mol. The fourth-order valence-corrected chi connectivity index (χ4v) is 5.38. The molecule has 4 aromatic carbocycles. The number of benzene rings is 4. The molecule has 0 spiro atoms. The topological polar surface area (TPSA) is 68.3 Å². The highest BCUT2D eigenvalue weighted by atomic mass is 79.9. The molecule has 0 saturated carbocycles. The van der Waals surface area contributed by atoms with Gasteiger partial charge in [-0.25, -0.2) is 9.96 Å². The molecule has 0 radical (unpaired) electrons. The van der Waals surface area contributed by atoms with E-state index < -0.39 is 18.1 Å². The maximum atomic E-state index is 13.9. The molecular weight excluding hydrogens is 560 g/mol. The van der Waals surface area contributed by atoms with Gasteiger partial charge in [0.25, 0.3) is 5.91 Å². The summed E-state index contributed by atoms with van der Waals surface area (Å²) in [6, 6.07) is 31.5. The number of halogens is 1. The molecule has 8 heteroatoms. The average Bonchev–Trinajstić information content (AvgIpc) is 3.49. The molecule has 2 aliphatic rings. The highest BCUT2D eigenvalue weighted by molar-refractivity contribution is 9.10. The number of methoxy groups -OCH3 is 1. The van der Waals surface area contributed by atoms with Gasteiger partial charge in [0, 0.05) is 4.47 Å². The number of para-hydroxylation sites is 1. The Kier molecular flexibility index (Phi) is 6.81. The molecule has 2 aliphatic heterocycles. The van der Waals surface area contributed by atoms with Crippen molar-refractivity contribution in [1.82, 2.24) is 0 Å². The first-order valence-electron chi connectivity index (χ1n) is 12.5. The summed E-state index contributed by atoms with van der Waals surface area (Å²) in [5.74, 6) is -0.328. The van der Waals surface area contributed by atoms with Gasteiger partial charge in [-0.3, -0.25) is 14.4 Å². The zero-order chi connectivity index (χ0) is 26.9. The lowest BCUT2D eigenvalue weighted by molar-refractivity contribution is -0.126. The molecule has 6 rings (SSSR count). The summed E-state index contributed by atoms with van der Waals surface area (Å²) in [4.78, 5) is 34.9. The largest absolute Gasteiger partial charge is 0.493 e. The van der Waals surface area contributed by atoms with Crippen LogP contribution in [0.4, 0.5) is 11.4 Å². The van der Waals surface area contributed by atoms with Gasteiger partial charge >= 0.3 is 0 Å². The van der Waals surface area contributed by atoms with Crippen LogP contribution in [0, 0.1) is 5.92 Å². The zero-order valence-electron chi connectivity index (χ0n) is 21.1. The monoisotopic (exact) mass is 584 g/mol. The Bertz CT molecular complexity index is 1500. The first-order chi connectivity index (χ1) is 19.0. The van der Waals surface area contributed by atoms with Crippen molar-refractivity contribution in [3.63, 3.8) is 0 Å². The maximum absolute atomic E-state index is 13.9. The van der Waals surface area contributed by atoms with Crippen LogP contribution in [0.2, 0.25) is 0 Å². The van der Waals surface area contributed by atoms with Crippen LogP contribution in [0.5, 0.6) is 11.5 Å². The lowest BCUT2D eigenvalue weighted by Gasteiger charge is -2.29. The number of imide groups is 1. The van der Waals surface area contributed by atoms with E-state index in [1.807, 2.05) is 78.9 Å². The van der Waals surface area contributed by atoms with Crippen LogP contribution in [0.1, 0.15) is 17.2 Å². The molecule has 2 fully saturated rings. The van der Waals surface area contributed by atoms with Crippen molar-refractivity contribution in [1.29, 1.82) is 0 Å². The van der Waals surface area contributed by atoms with E-state index in [4.69, 9.17) is 14.3 Å². The molecule has 0 aliphatic carbocycles. The molecule has 196 valence electrons. The van der Waals surface area contributed by atoms with Crippen LogP contribution in [0.15, 0.2) is 108 Å². The van der Waals surface area contributed by atoms with E-state index in [-0.39, 0.29) is 11.8 Å². The minimum absolute atomic E-state index is 0.306. The molecule has 2 saturated heterocycles. The van der Waals surface area contributed by atoms with Crippen LogP contribution in [0.3, 0.4) is 0 Å². The highest BCUT2D eigenvalue weighted by Crippen LogP contribution is 2.48. The molecule has 0 N–H and O–H groups in total. The number of anilines is 2. The summed E-state index contributed by atoms with van der Waals surface area (Å²) in [5, 5.41) is 1.67. The Morgan fingerprint density at radius 2 is 1.49 bits per heavy atom. The normalized spacial score (nSPS) is 20.3. The van der Waals surface area contributed by atoms with Gasteiger partial charge < -0.3 is 9.47 Å². The number of hydrogen-bond acceptors (Lipinski definition) is 6. The van der Waals surface area contributed by atoms with Crippen molar-refractivity contribution >= 4 is 39.1 Å². The Hall–Kier alpha value is -4.14. The third-order valence-electron chi connectivity index (χ3n) is 6.98. The summed E-state index contributed by atoms with van der Waals surface area (Å²) < 4.78 is 12.6. The third kappa shape index (κ3) is 4.66. The van der Waals surface area contributed by atoms with E-state index >= 15 is 0 Å². The smallest absolute Gasteiger partial charge is 0.266 e. The molecule has 0 unspecified atom stereocenters. The SMILES string of the molecule is COc1cc([C@@H]2[C@@H]3C(=O)N(c4ccc(Br)cc4)C(=O)[C@H]3ON2c2ccccc2)ccc1OCc1ccccc1. The molecule has 7 nitrogen and oxygen atoms in total. The Balaban J connectivity index is 1.36. The number of rotatable bonds is 7. The summed E-state index contributed by atoms with van der Waals surface area (Å²) in [6.07, 6.45) is -0.952. The molecular formula is C31H25BrN2O5. The first-order valence-corrected chi connectivity index (χ1v) is 13.3. The second-order valence-electron chi connectivity index (χ2n) is 9.33. The summed E-state index contributed by atoms with van der Waals surface area (Å²) in [5.41, 5.74) is 3.07. The molecule has 0 aromatic heterocycles. The van der Waals surface area contributed by atoms with Crippen LogP contribution in [0.25, 0.3) is 0 Å². The minimum Gasteiger partial charge on any atom is -0.493 e. The van der Waals surface area contributed by atoms with Gasteiger partial charge in [-0.05, 0) is 59.7 Å². The van der Waals surface area contributed by atoms with E-state index in [2.05, 4.69) is 15.9 Å². The minimum atomic E-state index is -0.952. The second kappa shape index (κ2) is 10.6. The van der Waals surface area contributed by atoms with Gasteiger partial charge in [0.15, 0.2) is 17.6 Å². The number of carbonyl (C=O) groups is 2. The zero-order valence-corrected chi connectivity index (χ0v) is 22.7. The van der Waals surface area contributed by atoms with Crippen molar-refractivity contribution in [2.24, 2.45) is 5.92 Å². The first kappa shape index (κ1) is 25.2. The lowest BCUT2D eigenvalue weighted by atomic mass is 9.90. The van der Waals surface area contributed by atoms with Crippen LogP contribution in [-0.2, 0) is 21.0 Å². The van der Waals surface area contributed by atoms with Gasteiger partial charge in [-0.1, -0.05) is 70.5 Å². The van der Waals surface area contributed by atoms with Crippen molar-refractivity contribution in [3.8, 4) is 11.5 Å². The number of amides is 2.